The number of rotatable bonds is 3. The Kier molecular flexibility index (Phi) is 4.44. The zero-order valence-electron chi connectivity index (χ0n) is 10.8. The highest BCUT2D eigenvalue weighted by molar-refractivity contribution is 6.30. The molecule has 1 aliphatic rings. The molecule has 0 radical (unpaired) electrons. The minimum atomic E-state index is -1.46. The van der Waals surface area contributed by atoms with Gasteiger partial charge in [0.05, 0.1) is 0 Å². The highest BCUT2D eigenvalue weighted by Gasteiger charge is 2.43. The minimum absolute atomic E-state index is 0.113. The molecular formula is C13H13ClN2O5. The van der Waals surface area contributed by atoms with Crippen LogP contribution in [0.5, 0.6) is 0 Å². The molecule has 0 aliphatic carbocycles. The first-order valence-electron chi connectivity index (χ1n) is 6.17. The first-order valence-corrected chi connectivity index (χ1v) is 6.55. The van der Waals surface area contributed by atoms with Gasteiger partial charge in [0, 0.05) is 23.7 Å². The monoisotopic (exact) mass is 312 g/mol. The second-order valence-corrected chi connectivity index (χ2v) is 4.99. The zero-order valence-corrected chi connectivity index (χ0v) is 11.6. The number of nitrogens with zero attached hydrogens (tertiary/aromatic N) is 1. The molecule has 0 unspecified atom stereocenters. The number of nitrogens with one attached hydrogen (secondary N) is 1. The van der Waals surface area contributed by atoms with Gasteiger partial charge in [-0.2, -0.15) is 0 Å². The fourth-order valence-corrected chi connectivity index (χ4v) is 2.38. The molecule has 1 amide bonds. The number of carboxylic acids is 2. The van der Waals surface area contributed by atoms with E-state index in [-0.39, 0.29) is 18.7 Å². The molecule has 1 aromatic carbocycles. The summed E-state index contributed by atoms with van der Waals surface area (Å²) in [5.74, 6) is -3.21. The second kappa shape index (κ2) is 6.11. The van der Waals surface area contributed by atoms with Gasteiger partial charge in [-0.15, -0.1) is 0 Å². The standard InChI is InChI=1S/C13H13ClN2O5/c14-8-3-1-7(2-4-8)11(17)16-6-5-15-9(12(18)19)10(16)13(20)21/h1-4,9-10,15H,5-6H2,(H,18,19)(H,20,21)/t9-,10-/m1/s1. The van der Waals surface area contributed by atoms with Crippen molar-refractivity contribution >= 4 is 29.4 Å². The molecule has 7 nitrogen and oxygen atoms in total. The zero-order chi connectivity index (χ0) is 15.6. The molecule has 8 heteroatoms. The first kappa shape index (κ1) is 15.3. The van der Waals surface area contributed by atoms with Gasteiger partial charge in [0.25, 0.3) is 5.91 Å². The molecule has 1 heterocycles. The molecule has 0 saturated carbocycles. The van der Waals surface area contributed by atoms with Crippen molar-refractivity contribution in [3.8, 4) is 0 Å². The van der Waals surface area contributed by atoms with Crippen LogP contribution < -0.4 is 5.32 Å². The fourth-order valence-electron chi connectivity index (χ4n) is 2.26. The Hall–Kier alpha value is -2.12. The van der Waals surface area contributed by atoms with Gasteiger partial charge >= 0.3 is 11.9 Å². The van der Waals surface area contributed by atoms with Crippen molar-refractivity contribution < 1.29 is 24.6 Å². The molecule has 1 fully saturated rings. The molecule has 2 rings (SSSR count). The molecule has 0 aromatic heterocycles. The summed E-state index contributed by atoms with van der Waals surface area (Å²) in [5, 5.41) is 21.4. The van der Waals surface area contributed by atoms with Crippen molar-refractivity contribution in [3.63, 3.8) is 0 Å². The van der Waals surface area contributed by atoms with Crippen molar-refractivity contribution in [2.24, 2.45) is 0 Å². The number of hydrogen-bond donors (Lipinski definition) is 3. The lowest BCUT2D eigenvalue weighted by molar-refractivity contribution is -0.152. The van der Waals surface area contributed by atoms with Gasteiger partial charge in [-0.25, -0.2) is 4.79 Å². The van der Waals surface area contributed by atoms with Crippen LogP contribution in [-0.2, 0) is 9.59 Å². The topological polar surface area (TPSA) is 107 Å². The summed E-state index contributed by atoms with van der Waals surface area (Å²) in [6.07, 6.45) is 0. The third kappa shape index (κ3) is 3.14. The molecule has 1 aliphatic heterocycles. The summed E-state index contributed by atoms with van der Waals surface area (Å²) < 4.78 is 0. The predicted molar refractivity (Wildman–Crippen MR) is 73.3 cm³/mol. The molecule has 112 valence electrons. The molecule has 21 heavy (non-hydrogen) atoms. The molecule has 3 N–H and O–H groups in total. The Labute approximate surface area is 125 Å². The van der Waals surface area contributed by atoms with Gasteiger partial charge in [-0.1, -0.05) is 11.6 Å². The van der Waals surface area contributed by atoms with Gasteiger partial charge in [0.2, 0.25) is 0 Å². The summed E-state index contributed by atoms with van der Waals surface area (Å²) in [4.78, 5) is 35.9. The second-order valence-electron chi connectivity index (χ2n) is 4.56. The van der Waals surface area contributed by atoms with Gasteiger partial charge in [0.15, 0.2) is 6.04 Å². The van der Waals surface area contributed by atoms with E-state index < -0.39 is 29.9 Å². The normalized spacial score (nSPS) is 21.9. The number of halogens is 1. The molecule has 0 spiro atoms. The van der Waals surface area contributed by atoms with E-state index in [4.69, 9.17) is 16.7 Å². The van der Waals surface area contributed by atoms with Crippen LogP contribution in [0.4, 0.5) is 0 Å². The fraction of sp³-hybridized carbons (Fsp3) is 0.308. The third-order valence-electron chi connectivity index (χ3n) is 3.24. The Morgan fingerprint density at radius 3 is 2.29 bits per heavy atom. The lowest BCUT2D eigenvalue weighted by Crippen LogP contribution is -2.65. The van der Waals surface area contributed by atoms with E-state index in [1.54, 1.807) is 0 Å². The van der Waals surface area contributed by atoms with Crippen LogP contribution in [0.2, 0.25) is 5.02 Å². The van der Waals surface area contributed by atoms with Gasteiger partial charge in [0.1, 0.15) is 6.04 Å². The molecule has 1 aromatic rings. The molecule has 0 bridgehead atoms. The lowest BCUT2D eigenvalue weighted by atomic mass is 10.0. The summed E-state index contributed by atoms with van der Waals surface area (Å²) in [6.45, 7) is 0.322. The summed E-state index contributed by atoms with van der Waals surface area (Å²) >= 11 is 5.74. The van der Waals surface area contributed by atoms with E-state index in [0.29, 0.717) is 5.02 Å². The minimum Gasteiger partial charge on any atom is -0.480 e. The summed E-state index contributed by atoms with van der Waals surface area (Å²) in [5.41, 5.74) is 0.261. The van der Waals surface area contributed by atoms with Gasteiger partial charge < -0.3 is 20.4 Å². The van der Waals surface area contributed by atoms with Crippen LogP contribution >= 0.6 is 11.6 Å². The van der Waals surface area contributed by atoms with Crippen LogP contribution in [-0.4, -0.2) is 58.1 Å². The van der Waals surface area contributed by atoms with Crippen molar-refractivity contribution in [2.45, 2.75) is 12.1 Å². The average molecular weight is 313 g/mol. The summed E-state index contributed by atoms with van der Waals surface area (Å²) in [6, 6.07) is 3.18. The highest BCUT2D eigenvalue weighted by Crippen LogP contribution is 2.17. The Balaban J connectivity index is 2.31. The number of carbonyl (C=O) groups is 3. The number of carboxylic acid groups (broad SMARTS) is 2. The van der Waals surface area contributed by atoms with Crippen LogP contribution in [0.25, 0.3) is 0 Å². The van der Waals surface area contributed by atoms with E-state index in [1.807, 2.05) is 0 Å². The number of piperazine rings is 1. The average Bonchev–Trinajstić information content (AvgIpc) is 2.46. The smallest absolute Gasteiger partial charge is 0.328 e. The van der Waals surface area contributed by atoms with E-state index in [9.17, 15) is 19.5 Å². The number of carbonyl (C=O) groups excluding carboxylic acids is 1. The number of aliphatic carboxylic acids is 2. The van der Waals surface area contributed by atoms with E-state index in [1.165, 1.54) is 24.3 Å². The van der Waals surface area contributed by atoms with Crippen molar-refractivity contribution in [1.82, 2.24) is 10.2 Å². The van der Waals surface area contributed by atoms with Crippen molar-refractivity contribution in [1.29, 1.82) is 0 Å². The molecular weight excluding hydrogens is 300 g/mol. The van der Waals surface area contributed by atoms with E-state index in [0.717, 1.165) is 4.90 Å². The Bertz CT molecular complexity index is 574. The number of hydrogen-bond acceptors (Lipinski definition) is 4. The summed E-state index contributed by atoms with van der Waals surface area (Å²) in [7, 11) is 0. The number of amides is 1. The first-order chi connectivity index (χ1) is 9.91. The predicted octanol–water partition coefficient (Wildman–Crippen LogP) is 0.292. The Morgan fingerprint density at radius 1 is 1.14 bits per heavy atom. The van der Waals surface area contributed by atoms with Gasteiger partial charge in [-0.3, -0.25) is 9.59 Å². The van der Waals surface area contributed by atoms with E-state index >= 15 is 0 Å². The van der Waals surface area contributed by atoms with Crippen LogP contribution in [0, 0.1) is 0 Å². The van der Waals surface area contributed by atoms with Crippen LogP contribution in [0.3, 0.4) is 0 Å². The highest BCUT2D eigenvalue weighted by atomic mass is 35.5. The quantitative estimate of drug-likeness (QED) is 0.740. The molecule has 1 saturated heterocycles. The van der Waals surface area contributed by atoms with Crippen molar-refractivity contribution in [2.75, 3.05) is 13.1 Å². The Morgan fingerprint density at radius 2 is 1.76 bits per heavy atom. The maximum Gasteiger partial charge on any atom is 0.328 e. The van der Waals surface area contributed by atoms with Crippen LogP contribution in [0.1, 0.15) is 10.4 Å². The van der Waals surface area contributed by atoms with Crippen molar-refractivity contribution in [3.05, 3.63) is 34.9 Å². The SMILES string of the molecule is O=C(O)[C@@H]1NCCN(C(=O)c2ccc(Cl)cc2)[C@H]1C(=O)O. The third-order valence-corrected chi connectivity index (χ3v) is 3.49. The number of benzene rings is 1. The van der Waals surface area contributed by atoms with Crippen LogP contribution in [0.15, 0.2) is 24.3 Å². The maximum absolute atomic E-state index is 12.4. The molecule has 2 atom stereocenters. The van der Waals surface area contributed by atoms with Gasteiger partial charge in [-0.05, 0) is 24.3 Å². The maximum atomic E-state index is 12.4. The lowest BCUT2D eigenvalue weighted by Gasteiger charge is -2.37. The largest absolute Gasteiger partial charge is 0.480 e. The van der Waals surface area contributed by atoms with E-state index in [2.05, 4.69) is 5.32 Å².